The zero-order valence-corrected chi connectivity index (χ0v) is 17.4. The van der Waals surface area contributed by atoms with Gasteiger partial charge in [0.2, 0.25) is 0 Å². The van der Waals surface area contributed by atoms with E-state index in [2.05, 4.69) is 15.3 Å². The topological polar surface area (TPSA) is 86.1 Å². The minimum Gasteiger partial charge on any atom is -0.376 e. The number of aromatic nitrogens is 3. The number of pyridine rings is 1. The molecule has 2 aliphatic rings. The van der Waals surface area contributed by atoms with Crippen LogP contribution in [0.5, 0.6) is 0 Å². The van der Waals surface area contributed by atoms with Crippen LogP contribution in [0.15, 0.2) is 47.4 Å². The third-order valence-electron chi connectivity index (χ3n) is 6.27. The van der Waals surface area contributed by atoms with Crippen molar-refractivity contribution in [3.63, 3.8) is 0 Å². The molecule has 7 nitrogen and oxygen atoms in total. The van der Waals surface area contributed by atoms with Crippen molar-refractivity contribution in [1.29, 1.82) is 0 Å². The van der Waals surface area contributed by atoms with Crippen molar-refractivity contribution < 1.29 is 9.53 Å². The number of benzene rings is 1. The quantitative estimate of drug-likeness (QED) is 0.686. The number of nitrogens with one attached hydrogen (secondary N) is 1. The van der Waals surface area contributed by atoms with Gasteiger partial charge in [-0.25, -0.2) is 9.97 Å². The lowest BCUT2D eigenvalue weighted by atomic mass is 10.1. The SMILES string of the molecule is O=C(NCC1CCCO1)c1ccc(-c2nc3cccnc3n(C3CCCC3)c2=O)cc1. The first-order valence-corrected chi connectivity index (χ1v) is 11.1. The van der Waals surface area contributed by atoms with Crippen molar-refractivity contribution in [2.75, 3.05) is 13.2 Å². The number of carbonyl (C=O) groups is 1. The first-order chi connectivity index (χ1) is 15.2. The molecule has 1 amide bonds. The number of carbonyl (C=O) groups excluding carboxylic acids is 1. The predicted molar refractivity (Wildman–Crippen MR) is 118 cm³/mol. The molecule has 160 valence electrons. The maximum atomic E-state index is 13.4. The average molecular weight is 418 g/mol. The van der Waals surface area contributed by atoms with E-state index in [0.29, 0.717) is 34.5 Å². The van der Waals surface area contributed by atoms with E-state index in [4.69, 9.17) is 4.74 Å². The van der Waals surface area contributed by atoms with Crippen molar-refractivity contribution >= 4 is 17.1 Å². The van der Waals surface area contributed by atoms with E-state index in [0.717, 1.165) is 45.1 Å². The summed E-state index contributed by atoms with van der Waals surface area (Å²) in [7, 11) is 0. The van der Waals surface area contributed by atoms with Gasteiger partial charge in [0.25, 0.3) is 11.5 Å². The van der Waals surface area contributed by atoms with Gasteiger partial charge in [-0.3, -0.25) is 14.2 Å². The van der Waals surface area contributed by atoms with Crippen molar-refractivity contribution in [1.82, 2.24) is 19.9 Å². The summed E-state index contributed by atoms with van der Waals surface area (Å²) < 4.78 is 7.38. The summed E-state index contributed by atoms with van der Waals surface area (Å²) in [6, 6.07) is 11.0. The molecule has 5 rings (SSSR count). The molecule has 1 unspecified atom stereocenters. The highest BCUT2D eigenvalue weighted by atomic mass is 16.5. The first-order valence-electron chi connectivity index (χ1n) is 11.1. The highest BCUT2D eigenvalue weighted by Gasteiger charge is 2.23. The van der Waals surface area contributed by atoms with E-state index < -0.39 is 0 Å². The van der Waals surface area contributed by atoms with E-state index >= 15 is 0 Å². The Morgan fingerprint density at radius 3 is 2.65 bits per heavy atom. The first kappa shape index (κ1) is 19.9. The second-order valence-corrected chi connectivity index (χ2v) is 8.34. The van der Waals surface area contributed by atoms with Crippen LogP contribution in [0.4, 0.5) is 0 Å². The van der Waals surface area contributed by atoms with E-state index in [1.165, 1.54) is 0 Å². The lowest BCUT2D eigenvalue weighted by Gasteiger charge is -2.17. The van der Waals surface area contributed by atoms with Crippen LogP contribution >= 0.6 is 0 Å². The summed E-state index contributed by atoms with van der Waals surface area (Å²) in [5.74, 6) is -0.138. The molecule has 1 aliphatic carbocycles. The molecule has 1 aromatic carbocycles. The number of nitrogens with zero attached hydrogens (tertiary/aromatic N) is 3. The molecule has 7 heteroatoms. The van der Waals surface area contributed by atoms with E-state index in [1.54, 1.807) is 30.5 Å². The monoisotopic (exact) mass is 418 g/mol. The third-order valence-corrected chi connectivity index (χ3v) is 6.27. The Hall–Kier alpha value is -3.06. The normalized spacial score (nSPS) is 19.2. The number of fused-ring (bicyclic) bond motifs is 1. The molecule has 1 N–H and O–H groups in total. The van der Waals surface area contributed by atoms with Gasteiger partial charge in [0, 0.05) is 36.5 Å². The molecule has 0 radical (unpaired) electrons. The Morgan fingerprint density at radius 1 is 1.10 bits per heavy atom. The number of hydrogen-bond donors (Lipinski definition) is 1. The van der Waals surface area contributed by atoms with E-state index in [1.807, 2.05) is 16.7 Å². The van der Waals surface area contributed by atoms with Crippen molar-refractivity contribution in [3.8, 4) is 11.3 Å². The van der Waals surface area contributed by atoms with Crippen LogP contribution < -0.4 is 10.9 Å². The second-order valence-electron chi connectivity index (χ2n) is 8.34. The van der Waals surface area contributed by atoms with Crippen LogP contribution in [0.25, 0.3) is 22.4 Å². The molecule has 1 aliphatic heterocycles. The fourth-order valence-electron chi connectivity index (χ4n) is 4.62. The maximum Gasteiger partial charge on any atom is 0.278 e. The van der Waals surface area contributed by atoms with Crippen LogP contribution in [0, 0.1) is 0 Å². The summed E-state index contributed by atoms with van der Waals surface area (Å²) in [6.45, 7) is 1.29. The van der Waals surface area contributed by atoms with Gasteiger partial charge in [-0.1, -0.05) is 25.0 Å². The van der Waals surface area contributed by atoms with Crippen LogP contribution in [-0.4, -0.2) is 39.7 Å². The van der Waals surface area contributed by atoms with Crippen molar-refractivity contribution in [2.45, 2.75) is 50.7 Å². The highest BCUT2D eigenvalue weighted by molar-refractivity contribution is 5.94. The molecule has 0 spiro atoms. The third kappa shape index (κ3) is 3.97. The Labute approximate surface area is 180 Å². The summed E-state index contributed by atoms with van der Waals surface area (Å²) in [5.41, 5.74) is 2.90. The number of hydrogen-bond acceptors (Lipinski definition) is 5. The van der Waals surface area contributed by atoms with Crippen LogP contribution in [0.1, 0.15) is 54.9 Å². The molecule has 3 aromatic rings. The van der Waals surface area contributed by atoms with Gasteiger partial charge in [0.15, 0.2) is 5.65 Å². The molecular formula is C24H26N4O3. The number of amides is 1. The van der Waals surface area contributed by atoms with Crippen molar-refractivity contribution in [2.24, 2.45) is 0 Å². The fraction of sp³-hybridized carbons (Fsp3) is 0.417. The lowest BCUT2D eigenvalue weighted by Crippen LogP contribution is -2.31. The van der Waals surface area contributed by atoms with Crippen LogP contribution in [0.2, 0.25) is 0 Å². The fourth-order valence-corrected chi connectivity index (χ4v) is 4.62. The van der Waals surface area contributed by atoms with Crippen molar-refractivity contribution in [3.05, 3.63) is 58.5 Å². The Bertz CT molecular complexity index is 1140. The predicted octanol–water partition coefficient (Wildman–Crippen LogP) is 3.48. The highest BCUT2D eigenvalue weighted by Crippen LogP contribution is 2.30. The van der Waals surface area contributed by atoms with Crippen LogP contribution in [0.3, 0.4) is 0 Å². The van der Waals surface area contributed by atoms with Gasteiger partial charge in [-0.15, -0.1) is 0 Å². The van der Waals surface area contributed by atoms with Gasteiger partial charge in [-0.2, -0.15) is 0 Å². The molecule has 1 saturated carbocycles. The zero-order valence-electron chi connectivity index (χ0n) is 17.4. The molecule has 2 fully saturated rings. The number of rotatable bonds is 5. The molecule has 31 heavy (non-hydrogen) atoms. The molecule has 0 bridgehead atoms. The minimum absolute atomic E-state index is 0.104. The minimum atomic E-state index is -0.138. The van der Waals surface area contributed by atoms with E-state index in [9.17, 15) is 9.59 Å². The summed E-state index contributed by atoms with van der Waals surface area (Å²) >= 11 is 0. The molecule has 2 aromatic heterocycles. The Kier molecular flexibility index (Phi) is 5.51. The molecule has 3 heterocycles. The Morgan fingerprint density at radius 2 is 1.90 bits per heavy atom. The number of ether oxygens (including phenoxy) is 1. The van der Waals surface area contributed by atoms with Crippen LogP contribution in [-0.2, 0) is 4.74 Å². The van der Waals surface area contributed by atoms with Gasteiger partial charge in [0.1, 0.15) is 11.2 Å². The van der Waals surface area contributed by atoms with Gasteiger partial charge in [0.05, 0.1) is 6.10 Å². The van der Waals surface area contributed by atoms with Gasteiger partial charge >= 0.3 is 0 Å². The zero-order chi connectivity index (χ0) is 21.2. The summed E-state index contributed by atoms with van der Waals surface area (Å²) in [5, 5.41) is 2.93. The lowest BCUT2D eigenvalue weighted by molar-refractivity contribution is 0.0858. The Balaban J connectivity index is 1.44. The standard InChI is InChI=1S/C24H26N4O3/c29-23(26-15-19-7-4-14-31-19)17-11-9-16(10-12-17)21-24(30)28(18-5-1-2-6-18)22-20(27-21)8-3-13-25-22/h3,8-13,18-19H,1-2,4-7,14-15H2,(H,26,29). The molecule has 1 atom stereocenters. The average Bonchev–Trinajstić information content (AvgIpc) is 3.52. The van der Waals surface area contributed by atoms with Gasteiger partial charge in [-0.05, 0) is 49.9 Å². The molecular weight excluding hydrogens is 392 g/mol. The maximum absolute atomic E-state index is 13.4. The second kappa shape index (κ2) is 8.59. The van der Waals surface area contributed by atoms with Gasteiger partial charge < -0.3 is 10.1 Å². The smallest absolute Gasteiger partial charge is 0.278 e. The largest absolute Gasteiger partial charge is 0.376 e. The summed E-state index contributed by atoms with van der Waals surface area (Å²) in [6.07, 6.45) is 8.05. The molecule has 1 saturated heterocycles. The summed E-state index contributed by atoms with van der Waals surface area (Å²) in [4.78, 5) is 34.9. The van der Waals surface area contributed by atoms with E-state index in [-0.39, 0.29) is 23.6 Å².